The summed E-state index contributed by atoms with van der Waals surface area (Å²) in [6.45, 7) is 0.339. The molecule has 0 radical (unpaired) electrons. The van der Waals surface area contributed by atoms with Gasteiger partial charge in [0.1, 0.15) is 0 Å². The van der Waals surface area contributed by atoms with Crippen LogP contribution in [0.15, 0.2) is 17.2 Å². The second-order valence-corrected chi connectivity index (χ2v) is 7.43. The van der Waals surface area contributed by atoms with Gasteiger partial charge in [0.15, 0.2) is 0 Å². The van der Waals surface area contributed by atoms with E-state index in [4.69, 9.17) is 5.73 Å². The maximum absolute atomic E-state index is 12.2. The van der Waals surface area contributed by atoms with Crippen LogP contribution in [0.1, 0.15) is 18.5 Å². The molecule has 0 saturated carbocycles. The van der Waals surface area contributed by atoms with Crippen LogP contribution in [-0.2, 0) is 23.6 Å². The summed E-state index contributed by atoms with van der Waals surface area (Å²) in [4.78, 5) is 0.309. The van der Waals surface area contributed by atoms with E-state index in [1.165, 1.54) is 0 Å². The van der Waals surface area contributed by atoms with Gasteiger partial charge in [-0.05, 0) is 30.4 Å². The molecule has 0 amide bonds. The zero-order valence-electron chi connectivity index (χ0n) is 10.4. The predicted octanol–water partition coefficient (Wildman–Crippen LogP) is 0.658. The fourth-order valence-corrected chi connectivity index (χ4v) is 4.54. The molecule has 3 N–H and O–H groups in total. The molecule has 1 fully saturated rings. The lowest BCUT2D eigenvalue weighted by molar-refractivity contribution is 0.529. The van der Waals surface area contributed by atoms with Crippen LogP contribution in [0, 0.1) is 0 Å². The van der Waals surface area contributed by atoms with Gasteiger partial charge in [0.2, 0.25) is 10.0 Å². The van der Waals surface area contributed by atoms with Gasteiger partial charge in [-0.1, -0.05) is 0 Å². The quantitative estimate of drug-likeness (QED) is 0.853. The maximum atomic E-state index is 12.2. The summed E-state index contributed by atoms with van der Waals surface area (Å²) in [5, 5.41) is 0. The average molecular weight is 289 g/mol. The number of nitrogens with two attached hydrogens (primary N) is 1. The molecule has 2 rings (SSSR count). The topological polar surface area (TPSA) is 77.1 Å². The predicted molar refractivity (Wildman–Crippen MR) is 74.0 cm³/mol. The fraction of sp³-hybridized carbons (Fsp3) is 0.636. The molecular formula is C11H19N3O2S2. The summed E-state index contributed by atoms with van der Waals surface area (Å²) < 4.78 is 29.0. The van der Waals surface area contributed by atoms with Crippen molar-refractivity contribution in [1.29, 1.82) is 0 Å². The molecule has 0 unspecified atom stereocenters. The van der Waals surface area contributed by atoms with E-state index < -0.39 is 10.0 Å². The van der Waals surface area contributed by atoms with Gasteiger partial charge in [-0.15, -0.1) is 0 Å². The van der Waals surface area contributed by atoms with Crippen LogP contribution in [0.25, 0.3) is 0 Å². The minimum Gasteiger partial charge on any atom is -0.352 e. The fourth-order valence-electron chi connectivity index (χ4n) is 2.03. The van der Waals surface area contributed by atoms with Gasteiger partial charge in [0.05, 0.1) is 4.90 Å². The third-order valence-corrected chi connectivity index (χ3v) is 5.68. The van der Waals surface area contributed by atoms with E-state index >= 15 is 0 Å². The van der Waals surface area contributed by atoms with Crippen molar-refractivity contribution >= 4 is 21.8 Å². The van der Waals surface area contributed by atoms with Crippen LogP contribution >= 0.6 is 11.8 Å². The van der Waals surface area contributed by atoms with Gasteiger partial charge >= 0.3 is 0 Å². The van der Waals surface area contributed by atoms with E-state index in [1.807, 2.05) is 11.8 Å². The van der Waals surface area contributed by atoms with E-state index in [9.17, 15) is 8.42 Å². The van der Waals surface area contributed by atoms with Gasteiger partial charge in [-0.25, -0.2) is 13.1 Å². The van der Waals surface area contributed by atoms with E-state index in [0.717, 1.165) is 30.0 Å². The minimum absolute atomic E-state index is 0.0674. The lowest BCUT2D eigenvalue weighted by Crippen LogP contribution is -2.37. The Morgan fingerprint density at radius 2 is 2.17 bits per heavy atom. The number of nitrogens with one attached hydrogen (secondary N) is 1. The average Bonchev–Trinajstić information content (AvgIpc) is 2.72. The highest BCUT2D eigenvalue weighted by atomic mass is 32.2. The molecule has 0 aromatic carbocycles. The number of hydrogen-bond donors (Lipinski definition) is 2. The van der Waals surface area contributed by atoms with E-state index in [1.54, 1.807) is 23.9 Å². The highest BCUT2D eigenvalue weighted by Gasteiger charge is 2.23. The van der Waals surface area contributed by atoms with Gasteiger partial charge in [0.25, 0.3) is 0 Å². The summed E-state index contributed by atoms with van der Waals surface area (Å²) in [6.07, 6.45) is 3.42. The molecule has 1 saturated heterocycles. The maximum Gasteiger partial charge on any atom is 0.242 e. The van der Waals surface area contributed by atoms with Crippen LogP contribution < -0.4 is 10.5 Å². The number of thioether (sulfide) groups is 1. The van der Waals surface area contributed by atoms with Crippen molar-refractivity contribution in [2.75, 3.05) is 11.5 Å². The Morgan fingerprint density at radius 3 is 2.72 bits per heavy atom. The highest BCUT2D eigenvalue weighted by molar-refractivity contribution is 7.99. The van der Waals surface area contributed by atoms with E-state index in [-0.39, 0.29) is 6.04 Å². The molecule has 2 heterocycles. The van der Waals surface area contributed by atoms with Crippen LogP contribution in [0.3, 0.4) is 0 Å². The normalized spacial score (nSPS) is 18.1. The number of rotatable bonds is 4. The molecule has 1 aliphatic rings. The summed E-state index contributed by atoms with van der Waals surface area (Å²) in [5.74, 6) is 2.05. The SMILES string of the molecule is Cn1cc(S(=O)(=O)NC2CCSCC2)cc1CN. The number of nitrogens with zero attached hydrogens (tertiary/aromatic N) is 1. The van der Waals surface area contributed by atoms with Crippen LogP contribution in [0.4, 0.5) is 0 Å². The van der Waals surface area contributed by atoms with Crippen molar-refractivity contribution in [1.82, 2.24) is 9.29 Å². The molecule has 0 spiro atoms. The molecule has 0 atom stereocenters. The zero-order valence-corrected chi connectivity index (χ0v) is 12.1. The summed E-state index contributed by atoms with van der Waals surface area (Å²) in [7, 11) is -1.60. The Morgan fingerprint density at radius 1 is 1.50 bits per heavy atom. The monoisotopic (exact) mass is 289 g/mol. The van der Waals surface area contributed by atoms with Crippen molar-refractivity contribution in [2.45, 2.75) is 30.3 Å². The van der Waals surface area contributed by atoms with E-state index in [0.29, 0.717) is 11.4 Å². The molecule has 1 aromatic rings. The Labute approximate surface area is 112 Å². The Balaban J connectivity index is 2.13. The Hall–Kier alpha value is -0.500. The zero-order chi connectivity index (χ0) is 13.2. The summed E-state index contributed by atoms with van der Waals surface area (Å²) in [6, 6.07) is 1.71. The lowest BCUT2D eigenvalue weighted by atomic mass is 10.2. The number of sulfonamides is 1. The second kappa shape index (κ2) is 5.64. The van der Waals surface area contributed by atoms with Crippen LogP contribution in [0.5, 0.6) is 0 Å². The highest BCUT2D eigenvalue weighted by Crippen LogP contribution is 2.20. The Kier molecular flexibility index (Phi) is 4.37. The molecule has 102 valence electrons. The second-order valence-electron chi connectivity index (χ2n) is 4.49. The molecule has 1 aliphatic heterocycles. The summed E-state index contributed by atoms with van der Waals surface area (Å²) in [5.41, 5.74) is 6.37. The third-order valence-electron chi connectivity index (χ3n) is 3.15. The Bertz CT molecular complexity index is 504. The van der Waals surface area contributed by atoms with Crippen molar-refractivity contribution in [3.8, 4) is 0 Å². The lowest BCUT2D eigenvalue weighted by Gasteiger charge is -2.21. The number of hydrogen-bond acceptors (Lipinski definition) is 4. The first-order valence-electron chi connectivity index (χ1n) is 5.98. The first kappa shape index (κ1) is 13.9. The first-order valence-corrected chi connectivity index (χ1v) is 8.62. The summed E-state index contributed by atoms with van der Waals surface area (Å²) >= 11 is 1.88. The molecule has 7 heteroatoms. The largest absolute Gasteiger partial charge is 0.352 e. The minimum atomic E-state index is -3.41. The van der Waals surface area contributed by atoms with Crippen molar-refractivity contribution in [2.24, 2.45) is 12.8 Å². The molecule has 0 aliphatic carbocycles. The van der Waals surface area contributed by atoms with Crippen LogP contribution in [0.2, 0.25) is 0 Å². The molecule has 18 heavy (non-hydrogen) atoms. The molecule has 0 bridgehead atoms. The molecule has 1 aromatic heterocycles. The number of aromatic nitrogens is 1. The molecular weight excluding hydrogens is 270 g/mol. The first-order chi connectivity index (χ1) is 8.53. The smallest absolute Gasteiger partial charge is 0.242 e. The number of aryl methyl sites for hydroxylation is 1. The molecule has 5 nitrogen and oxygen atoms in total. The van der Waals surface area contributed by atoms with E-state index in [2.05, 4.69) is 4.72 Å². The van der Waals surface area contributed by atoms with Crippen molar-refractivity contribution < 1.29 is 8.42 Å². The van der Waals surface area contributed by atoms with Gasteiger partial charge in [0, 0.05) is 31.5 Å². The van der Waals surface area contributed by atoms with Gasteiger partial charge < -0.3 is 10.3 Å². The van der Waals surface area contributed by atoms with Crippen LogP contribution in [-0.4, -0.2) is 30.5 Å². The van der Waals surface area contributed by atoms with Crippen molar-refractivity contribution in [3.63, 3.8) is 0 Å². The standard InChI is InChI=1S/C11H19N3O2S2/c1-14-8-11(6-10(14)7-12)18(15,16)13-9-2-4-17-5-3-9/h6,8-9,13H,2-5,7,12H2,1H3. The third kappa shape index (κ3) is 3.09. The van der Waals surface area contributed by atoms with Crippen molar-refractivity contribution in [3.05, 3.63) is 18.0 Å². The van der Waals surface area contributed by atoms with Gasteiger partial charge in [-0.3, -0.25) is 0 Å². The van der Waals surface area contributed by atoms with Gasteiger partial charge in [-0.2, -0.15) is 11.8 Å².